The van der Waals surface area contributed by atoms with Gasteiger partial charge in [-0.25, -0.2) is 4.98 Å². The Morgan fingerprint density at radius 2 is 1.36 bits per heavy atom. The number of azide groups is 1. The lowest BCUT2D eigenvalue weighted by molar-refractivity contribution is -0.0122. The van der Waals surface area contributed by atoms with Crippen molar-refractivity contribution >= 4 is 12.2 Å². The lowest BCUT2D eigenvalue weighted by Crippen LogP contribution is -2.14. The van der Waals surface area contributed by atoms with E-state index in [-0.39, 0.29) is 0 Å². The average Bonchev–Trinajstić information content (AvgIpc) is 2.71. The van der Waals surface area contributed by atoms with Crippen LogP contribution in [-0.4, -0.2) is 89.2 Å². The Bertz CT molecular complexity index is 579. The fourth-order valence-electron chi connectivity index (χ4n) is 1.76. The van der Waals surface area contributed by atoms with Crippen LogP contribution in [0.15, 0.2) is 17.5 Å². The fraction of sp³-hybridized carbons (Fsp3) is 0.750. The first-order chi connectivity index (χ1) is 13.8. The van der Waals surface area contributed by atoms with Crippen LogP contribution < -0.4 is 4.74 Å². The summed E-state index contributed by atoms with van der Waals surface area (Å²) in [5.41, 5.74) is 8.08. The van der Waals surface area contributed by atoms with Gasteiger partial charge in [-0.2, -0.15) is 0 Å². The highest BCUT2D eigenvalue weighted by Gasteiger charge is 1.95. The zero-order valence-corrected chi connectivity index (χ0v) is 16.6. The third kappa shape index (κ3) is 15.3. The van der Waals surface area contributed by atoms with Gasteiger partial charge < -0.3 is 33.4 Å². The molecule has 12 heteroatoms. The van der Waals surface area contributed by atoms with Gasteiger partial charge in [-0.3, -0.25) is 0 Å². The van der Waals surface area contributed by atoms with Crippen LogP contribution in [0.3, 0.4) is 0 Å². The maximum absolute atomic E-state index is 8.08. The van der Waals surface area contributed by atoms with Crippen molar-refractivity contribution in [2.75, 3.05) is 79.2 Å². The van der Waals surface area contributed by atoms with E-state index in [2.05, 4.69) is 20.0 Å². The maximum Gasteiger partial charge on any atom is 0.196 e. The van der Waals surface area contributed by atoms with Crippen LogP contribution in [0.1, 0.15) is 0 Å². The minimum Gasteiger partial charge on any atom is -0.488 e. The van der Waals surface area contributed by atoms with Gasteiger partial charge in [-0.1, -0.05) is 5.11 Å². The highest BCUT2D eigenvalue weighted by molar-refractivity contribution is 7.71. The van der Waals surface area contributed by atoms with E-state index in [0.717, 1.165) is 0 Å². The van der Waals surface area contributed by atoms with Gasteiger partial charge in [0, 0.05) is 17.7 Å². The topological polar surface area (TPSA) is 133 Å². The van der Waals surface area contributed by atoms with Crippen molar-refractivity contribution in [3.05, 3.63) is 27.6 Å². The van der Waals surface area contributed by atoms with E-state index in [1.807, 2.05) is 0 Å². The first-order valence-corrected chi connectivity index (χ1v) is 9.31. The maximum atomic E-state index is 8.08. The molecule has 0 aliphatic rings. The lowest BCUT2D eigenvalue weighted by Gasteiger charge is -2.08. The van der Waals surface area contributed by atoms with Crippen molar-refractivity contribution in [3.8, 4) is 5.75 Å². The quantitative estimate of drug-likeness (QED) is 0.119. The Hall–Kier alpha value is -1.79. The Morgan fingerprint density at radius 1 is 0.857 bits per heavy atom. The van der Waals surface area contributed by atoms with Crippen LogP contribution >= 0.6 is 12.2 Å². The van der Waals surface area contributed by atoms with E-state index < -0.39 is 0 Å². The molecule has 1 aromatic rings. The predicted octanol–water partition coefficient (Wildman–Crippen LogP) is 1.91. The summed E-state index contributed by atoms with van der Waals surface area (Å²) >= 11 is 4.84. The molecule has 1 N–H and O–H groups in total. The molecule has 0 unspecified atom stereocenters. The molecule has 0 aliphatic carbocycles. The summed E-state index contributed by atoms with van der Waals surface area (Å²) in [4.78, 5) is 9.33. The van der Waals surface area contributed by atoms with Crippen molar-refractivity contribution < 1.29 is 28.4 Å². The molecular weight excluding hydrogens is 390 g/mol. The number of hydrogen-bond donors (Lipinski definition) is 1. The molecule has 158 valence electrons. The number of nitrogens with zero attached hydrogens (tertiary/aromatic N) is 4. The molecule has 1 heterocycles. The van der Waals surface area contributed by atoms with E-state index in [9.17, 15) is 0 Å². The van der Waals surface area contributed by atoms with Crippen molar-refractivity contribution in [3.63, 3.8) is 0 Å². The molecule has 0 bridgehead atoms. The van der Waals surface area contributed by atoms with Crippen LogP contribution in [0, 0.1) is 4.77 Å². The number of hydrogen-bond acceptors (Lipinski definition) is 9. The third-order valence-corrected chi connectivity index (χ3v) is 3.25. The van der Waals surface area contributed by atoms with Gasteiger partial charge in [-0.05, 0) is 17.7 Å². The van der Waals surface area contributed by atoms with E-state index in [1.54, 1.807) is 12.4 Å². The van der Waals surface area contributed by atoms with Crippen molar-refractivity contribution in [1.82, 2.24) is 9.97 Å². The number of aromatic amines is 1. The molecule has 0 radical (unpaired) electrons. The zero-order chi connectivity index (χ0) is 20.1. The molecule has 0 aromatic carbocycles. The van der Waals surface area contributed by atoms with Gasteiger partial charge in [0.1, 0.15) is 6.61 Å². The minimum absolute atomic E-state index is 0.333. The number of H-pyrrole nitrogens is 1. The molecule has 0 saturated carbocycles. The normalized spacial score (nSPS) is 10.6. The molecule has 0 spiro atoms. The Kier molecular flexibility index (Phi) is 16.1. The molecule has 28 heavy (non-hydrogen) atoms. The van der Waals surface area contributed by atoms with E-state index in [4.69, 9.17) is 46.2 Å². The minimum atomic E-state index is 0.333. The molecule has 0 amide bonds. The van der Waals surface area contributed by atoms with E-state index in [1.165, 1.54) is 0 Å². The van der Waals surface area contributed by atoms with E-state index in [0.29, 0.717) is 89.7 Å². The first-order valence-electron chi connectivity index (χ1n) is 8.90. The van der Waals surface area contributed by atoms with Crippen LogP contribution in [0.25, 0.3) is 10.4 Å². The van der Waals surface area contributed by atoms with Gasteiger partial charge in [0.05, 0.1) is 72.3 Å². The fourth-order valence-corrected chi connectivity index (χ4v) is 1.87. The second kappa shape index (κ2) is 18.6. The van der Waals surface area contributed by atoms with Crippen LogP contribution in [0.2, 0.25) is 0 Å². The Balaban J connectivity index is 1.72. The summed E-state index contributed by atoms with van der Waals surface area (Å²) < 4.78 is 32.5. The van der Waals surface area contributed by atoms with Crippen LogP contribution in [-0.2, 0) is 23.7 Å². The summed E-state index contributed by atoms with van der Waals surface area (Å²) in [5.74, 6) is 0.618. The molecule has 0 atom stereocenters. The third-order valence-electron chi connectivity index (χ3n) is 3.03. The number of nitrogens with one attached hydrogen (secondary N) is 1. The Labute approximate surface area is 168 Å². The predicted molar refractivity (Wildman–Crippen MR) is 103 cm³/mol. The zero-order valence-electron chi connectivity index (χ0n) is 15.8. The number of rotatable bonds is 19. The molecular formula is C16H27N5O6S. The largest absolute Gasteiger partial charge is 0.488 e. The summed E-state index contributed by atoms with van der Waals surface area (Å²) in [6, 6.07) is 0. The summed E-state index contributed by atoms with van der Waals surface area (Å²) in [6.45, 7) is 5.52. The summed E-state index contributed by atoms with van der Waals surface area (Å²) in [7, 11) is 0. The Morgan fingerprint density at radius 3 is 1.82 bits per heavy atom. The van der Waals surface area contributed by atoms with Gasteiger partial charge in [0.25, 0.3) is 0 Å². The van der Waals surface area contributed by atoms with Crippen molar-refractivity contribution in [1.29, 1.82) is 0 Å². The molecule has 0 aliphatic heterocycles. The summed E-state index contributed by atoms with van der Waals surface area (Å²) in [6.07, 6.45) is 3.22. The van der Waals surface area contributed by atoms with E-state index >= 15 is 0 Å². The second-order valence-electron chi connectivity index (χ2n) is 5.12. The molecule has 0 fully saturated rings. The first kappa shape index (κ1) is 24.2. The monoisotopic (exact) mass is 417 g/mol. The highest BCUT2D eigenvalue weighted by Crippen LogP contribution is 2.03. The van der Waals surface area contributed by atoms with Gasteiger partial charge in [0.2, 0.25) is 0 Å². The number of ether oxygens (including phenoxy) is 6. The van der Waals surface area contributed by atoms with Crippen molar-refractivity contribution in [2.45, 2.75) is 0 Å². The number of aromatic nitrogens is 2. The lowest BCUT2D eigenvalue weighted by atomic mass is 10.6. The molecule has 11 nitrogen and oxygen atoms in total. The van der Waals surface area contributed by atoms with Gasteiger partial charge in [-0.15, -0.1) is 0 Å². The van der Waals surface area contributed by atoms with Gasteiger partial charge >= 0.3 is 0 Å². The molecule has 0 saturated heterocycles. The van der Waals surface area contributed by atoms with Crippen molar-refractivity contribution in [2.24, 2.45) is 5.11 Å². The molecule has 1 rings (SSSR count). The highest BCUT2D eigenvalue weighted by atomic mass is 32.1. The van der Waals surface area contributed by atoms with Gasteiger partial charge in [0.15, 0.2) is 10.5 Å². The standard InChI is InChI=1S/C16H27N5O6S/c17-21-20-1-2-22-3-4-23-5-6-24-7-8-25-9-10-26-11-12-27-15-13-18-16(28)19-14-15/h13-14H,1-12H2,(H,18,19,28). The smallest absolute Gasteiger partial charge is 0.196 e. The average molecular weight is 417 g/mol. The van der Waals surface area contributed by atoms with Crippen LogP contribution in [0.4, 0.5) is 0 Å². The SMILES string of the molecule is [N-]=[N+]=NCCOCCOCCOCCOCCOCCOc1cnc(=S)[nH]c1. The van der Waals surface area contributed by atoms with Crippen LogP contribution in [0.5, 0.6) is 5.75 Å². The molecule has 1 aromatic heterocycles. The second-order valence-corrected chi connectivity index (χ2v) is 5.51. The summed E-state index contributed by atoms with van der Waals surface area (Å²) in [5, 5.41) is 3.36.